The SMILES string of the molecule is C[C@@H](NC(=O)N1CCN(c2ccc(F)cc2)CC1)C(=O)Nc1nncs1. The van der Waals surface area contributed by atoms with Gasteiger partial charge in [-0.05, 0) is 31.2 Å². The molecule has 1 aromatic carbocycles. The van der Waals surface area contributed by atoms with Crippen molar-refractivity contribution in [2.75, 3.05) is 36.4 Å². The Labute approximate surface area is 154 Å². The van der Waals surface area contributed by atoms with Crippen molar-refractivity contribution in [2.45, 2.75) is 13.0 Å². The van der Waals surface area contributed by atoms with Crippen LogP contribution >= 0.6 is 11.3 Å². The number of piperazine rings is 1. The molecule has 1 fully saturated rings. The van der Waals surface area contributed by atoms with E-state index in [0.29, 0.717) is 31.3 Å². The maximum atomic E-state index is 13.0. The molecule has 0 bridgehead atoms. The summed E-state index contributed by atoms with van der Waals surface area (Å²) in [5.74, 6) is -0.618. The van der Waals surface area contributed by atoms with Crippen LogP contribution in [0.15, 0.2) is 29.8 Å². The van der Waals surface area contributed by atoms with Gasteiger partial charge < -0.3 is 15.1 Å². The first kappa shape index (κ1) is 18.1. The summed E-state index contributed by atoms with van der Waals surface area (Å²) in [6.07, 6.45) is 0. The Morgan fingerprint density at radius 2 is 1.88 bits per heavy atom. The van der Waals surface area contributed by atoms with Crippen LogP contribution in [-0.2, 0) is 4.79 Å². The molecule has 0 radical (unpaired) electrons. The van der Waals surface area contributed by atoms with Crippen molar-refractivity contribution in [3.63, 3.8) is 0 Å². The number of hydrogen-bond acceptors (Lipinski definition) is 6. The second-order valence-electron chi connectivity index (χ2n) is 5.85. The number of carbonyl (C=O) groups is 2. The topological polar surface area (TPSA) is 90.5 Å². The first-order chi connectivity index (χ1) is 12.5. The third-order valence-corrected chi connectivity index (χ3v) is 4.69. The number of nitrogens with zero attached hydrogens (tertiary/aromatic N) is 4. The summed E-state index contributed by atoms with van der Waals surface area (Å²) in [6, 6.07) is 5.32. The third kappa shape index (κ3) is 4.45. The lowest BCUT2D eigenvalue weighted by Gasteiger charge is -2.36. The molecule has 0 aliphatic carbocycles. The van der Waals surface area contributed by atoms with E-state index in [1.54, 1.807) is 24.0 Å². The van der Waals surface area contributed by atoms with Gasteiger partial charge >= 0.3 is 6.03 Å². The molecule has 1 atom stereocenters. The molecule has 138 valence electrons. The number of nitrogens with one attached hydrogen (secondary N) is 2. The molecule has 10 heteroatoms. The van der Waals surface area contributed by atoms with Crippen molar-refractivity contribution in [1.29, 1.82) is 0 Å². The van der Waals surface area contributed by atoms with Gasteiger partial charge in [0.1, 0.15) is 17.4 Å². The molecule has 0 spiro atoms. The van der Waals surface area contributed by atoms with Gasteiger partial charge in [-0.15, -0.1) is 10.2 Å². The summed E-state index contributed by atoms with van der Waals surface area (Å²) in [5.41, 5.74) is 2.44. The van der Waals surface area contributed by atoms with E-state index in [2.05, 4.69) is 25.7 Å². The molecule has 2 aromatic rings. The summed E-state index contributed by atoms with van der Waals surface area (Å²) in [7, 11) is 0. The molecule has 0 unspecified atom stereocenters. The van der Waals surface area contributed by atoms with Crippen molar-refractivity contribution < 1.29 is 14.0 Å². The van der Waals surface area contributed by atoms with Crippen molar-refractivity contribution in [2.24, 2.45) is 0 Å². The van der Waals surface area contributed by atoms with Gasteiger partial charge in [0.05, 0.1) is 0 Å². The molecule has 0 saturated carbocycles. The van der Waals surface area contributed by atoms with E-state index in [1.165, 1.54) is 29.0 Å². The predicted octanol–water partition coefficient (Wildman–Crippen LogP) is 1.54. The minimum absolute atomic E-state index is 0.271. The summed E-state index contributed by atoms with van der Waals surface area (Å²) in [6.45, 7) is 3.94. The van der Waals surface area contributed by atoms with E-state index in [0.717, 1.165) is 5.69 Å². The Morgan fingerprint density at radius 3 is 2.50 bits per heavy atom. The molecular formula is C16H19FN6O2S. The van der Waals surface area contributed by atoms with Crippen molar-refractivity contribution in [3.05, 3.63) is 35.6 Å². The normalized spacial score (nSPS) is 15.5. The van der Waals surface area contributed by atoms with Crippen LogP contribution < -0.4 is 15.5 Å². The molecule has 3 amide bonds. The second kappa shape index (κ2) is 8.09. The minimum Gasteiger partial charge on any atom is -0.368 e. The maximum Gasteiger partial charge on any atom is 0.318 e. The fourth-order valence-electron chi connectivity index (χ4n) is 2.60. The van der Waals surface area contributed by atoms with Crippen LogP contribution in [0.1, 0.15) is 6.92 Å². The van der Waals surface area contributed by atoms with Crippen molar-refractivity contribution >= 4 is 34.1 Å². The largest absolute Gasteiger partial charge is 0.368 e. The number of urea groups is 1. The molecule has 1 saturated heterocycles. The van der Waals surface area contributed by atoms with Gasteiger partial charge in [-0.3, -0.25) is 10.1 Å². The average Bonchev–Trinajstić information content (AvgIpc) is 3.15. The van der Waals surface area contributed by atoms with Crippen molar-refractivity contribution in [1.82, 2.24) is 20.4 Å². The zero-order valence-electron chi connectivity index (χ0n) is 14.2. The van der Waals surface area contributed by atoms with Crippen LogP contribution in [0.25, 0.3) is 0 Å². The zero-order valence-corrected chi connectivity index (χ0v) is 15.0. The van der Waals surface area contributed by atoms with Crippen LogP contribution in [0.2, 0.25) is 0 Å². The van der Waals surface area contributed by atoms with Crippen LogP contribution in [0.3, 0.4) is 0 Å². The molecule has 1 aliphatic heterocycles. The number of aromatic nitrogens is 2. The molecule has 8 nitrogen and oxygen atoms in total. The fraction of sp³-hybridized carbons (Fsp3) is 0.375. The zero-order chi connectivity index (χ0) is 18.5. The number of benzene rings is 1. The summed E-state index contributed by atoms with van der Waals surface area (Å²) >= 11 is 1.21. The number of anilines is 2. The van der Waals surface area contributed by atoms with Crippen LogP contribution in [0.5, 0.6) is 0 Å². The quantitative estimate of drug-likeness (QED) is 0.842. The van der Waals surface area contributed by atoms with E-state index in [4.69, 9.17) is 0 Å². The third-order valence-electron chi connectivity index (χ3n) is 4.08. The highest BCUT2D eigenvalue weighted by Crippen LogP contribution is 2.17. The number of carbonyl (C=O) groups excluding carboxylic acids is 2. The van der Waals surface area contributed by atoms with E-state index in [-0.39, 0.29) is 17.8 Å². The van der Waals surface area contributed by atoms with Crippen LogP contribution in [-0.4, -0.2) is 59.3 Å². The molecule has 1 aliphatic rings. The minimum atomic E-state index is -0.693. The Morgan fingerprint density at radius 1 is 1.19 bits per heavy atom. The van der Waals surface area contributed by atoms with Gasteiger partial charge in [0, 0.05) is 31.9 Å². The number of hydrogen-bond donors (Lipinski definition) is 2. The second-order valence-corrected chi connectivity index (χ2v) is 6.69. The van der Waals surface area contributed by atoms with E-state index in [9.17, 15) is 14.0 Å². The standard InChI is InChI=1S/C16H19FN6O2S/c1-11(14(24)20-15-21-18-10-26-15)19-16(25)23-8-6-22(7-9-23)13-4-2-12(17)3-5-13/h2-5,10-11H,6-9H2,1H3,(H,19,25)(H,20,21,24)/t11-/m1/s1. The Bertz CT molecular complexity index is 747. The number of halogens is 1. The van der Waals surface area contributed by atoms with Gasteiger partial charge in [-0.2, -0.15) is 0 Å². The Hall–Kier alpha value is -2.75. The molecular weight excluding hydrogens is 359 g/mol. The van der Waals surface area contributed by atoms with Gasteiger partial charge in [-0.25, -0.2) is 9.18 Å². The Kier molecular flexibility index (Phi) is 5.61. The highest BCUT2D eigenvalue weighted by Gasteiger charge is 2.24. The van der Waals surface area contributed by atoms with Crippen LogP contribution in [0, 0.1) is 5.82 Å². The summed E-state index contributed by atoms with van der Waals surface area (Å²) in [5, 5.41) is 13.0. The average molecular weight is 378 g/mol. The lowest BCUT2D eigenvalue weighted by molar-refractivity contribution is -0.117. The van der Waals surface area contributed by atoms with Gasteiger partial charge in [-0.1, -0.05) is 11.3 Å². The Balaban J connectivity index is 1.47. The molecule has 2 heterocycles. The smallest absolute Gasteiger partial charge is 0.318 e. The molecule has 3 rings (SSSR count). The molecule has 26 heavy (non-hydrogen) atoms. The van der Waals surface area contributed by atoms with Crippen molar-refractivity contribution in [3.8, 4) is 0 Å². The number of amides is 3. The lowest BCUT2D eigenvalue weighted by atomic mass is 10.2. The first-order valence-electron chi connectivity index (χ1n) is 8.16. The fourth-order valence-corrected chi connectivity index (χ4v) is 3.05. The van der Waals surface area contributed by atoms with Crippen LogP contribution in [0.4, 0.5) is 20.0 Å². The summed E-state index contributed by atoms with van der Waals surface area (Å²) < 4.78 is 13.0. The van der Waals surface area contributed by atoms with E-state index in [1.807, 2.05) is 0 Å². The highest BCUT2D eigenvalue weighted by atomic mass is 32.1. The lowest BCUT2D eigenvalue weighted by Crippen LogP contribution is -2.54. The highest BCUT2D eigenvalue weighted by molar-refractivity contribution is 7.13. The summed E-state index contributed by atoms with van der Waals surface area (Å²) in [4.78, 5) is 28.1. The van der Waals surface area contributed by atoms with Gasteiger partial charge in [0.15, 0.2) is 0 Å². The monoisotopic (exact) mass is 378 g/mol. The number of rotatable bonds is 4. The van der Waals surface area contributed by atoms with Gasteiger partial charge in [0.25, 0.3) is 0 Å². The first-order valence-corrected chi connectivity index (χ1v) is 9.04. The van der Waals surface area contributed by atoms with E-state index < -0.39 is 6.04 Å². The maximum absolute atomic E-state index is 13.0. The predicted molar refractivity (Wildman–Crippen MR) is 96.7 cm³/mol. The van der Waals surface area contributed by atoms with Gasteiger partial charge in [0.2, 0.25) is 11.0 Å². The molecule has 2 N–H and O–H groups in total. The van der Waals surface area contributed by atoms with E-state index >= 15 is 0 Å². The molecule has 1 aromatic heterocycles.